The minimum atomic E-state index is 0.620. The topological polar surface area (TPSA) is 27.7 Å². The number of para-hydroxylation sites is 2. The van der Waals surface area contributed by atoms with Gasteiger partial charge in [0, 0.05) is 38.8 Å². The van der Waals surface area contributed by atoms with Crippen molar-refractivity contribution >= 4 is 5.69 Å². The lowest BCUT2D eigenvalue weighted by molar-refractivity contribution is 0.145. The van der Waals surface area contributed by atoms with Crippen molar-refractivity contribution in [3.05, 3.63) is 24.3 Å². The summed E-state index contributed by atoms with van der Waals surface area (Å²) < 4.78 is 5.48. The first-order valence-electron chi connectivity index (χ1n) is 7.94. The molecule has 0 saturated carbocycles. The minimum Gasteiger partial charge on any atom is -0.495 e. The molecule has 1 N–H and O–H groups in total. The minimum absolute atomic E-state index is 0.620. The van der Waals surface area contributed by atoms with Crippen molar-refractivity contribution in [1.29, 1.82) is 0 Å². The summed E-state index contributed by atoms with van der Waals surface area (Å²) in [5, 5.41) is 3.33. The van der Waals surface area contributed by atoms with Gasteiger partial charge in [-0.2, -0.15) is 0 Å². The number of piperazine rings is 1. The van der Waals surface area contributed by atoms with Crippen LogP contribution >= 0.6 is 0 Å². The molecule has 0 aromatic heterocycles. The van der Waals surface area contributed by atoms with E-state index in [-0.39, 0.29) is 0 Å². The Balaban J connectivity index is 1.99. The zero-order chi connectivity index (χ0) is 15.2. The van der Waals surface area contributed by atoms with Crippen LogP contribution in [-0.2, 0) is 0 Å². The lowest BCUT2D eigenvalue weighted by Crippen LogP contribution is -2.54. The first-order valence-corrected chi connectivity index (χ1v) is 7.94. The SMILES string of the molecule is CNCC(C(C)C)N1CCN(c2ccccc2OC)CC1. The Morgan fingerprint density at radius 2 is 1.81 bits per heavy atom. The Bertz CT molecular complexity index is 428. The zero-order valence-electron chi connectivity index (χ0n) is 13.8. The van der Waals surface area contributed by atoms with Crippen LogP contribution < -0.4 is 15.0 Å². The Morgan fingerprint density at radius 1 is 1.14 bits per heavy atom. The van der Waals surface area contributed by atoms with E-state index >= 15 is 0 Å². The number of hydrogen-bond acceptors (Lipinski definition) is 4. The van der Waals surface area contributed by atoms with Gasteiger partial charge in [0.1, 0.15) is 5.75 Å². The summed E-state index contributed by atoms with van der Waals surface area (Å²) in [5.74, 6) is 1.65. The summed E-state index contributed by atoms with van der Waals surface area (Å²) in [6.45, 7) is 10.0. The largest absolute Gasteiger partial charge is 0.495 e. The Hall–Kier alpha value is -1.26. The number of benzene rings is 1. The predicted molar refractivity (Wildman–Crippen MR) is 89.3 cm³/mol. The normalized spacial score (nSPS) is 18.0. The average molecular weight is 291 g/mol. The maximum atomic E-state index is 5.48. The third-order valence-corrected chi connectivity index (χ3v) is 4.39. The number of rotatable bonds is 6. The molecule has 1 atom stereocenters. The number of anilines is 1. The van der Waals surface area contributed by atoms with E-state index in [0.29, 0.717) is 12.0 Å². The fraction of sp³-hybridized carbons (Fsp3) is 0.647. The van der Waals surface area contributed by atoms with Gasteiger partial charge in [-0.25, -0.2) is 0 Å². The fourth-order valence-electron chi connectivity index (χ4n) is 3.18. The summed E-state index contributed by atoms with van der Waals surface area (Å²) in [7, 11) is 3.79. The van der Waals surface area contributed by atoms with Crippen molar-refractivity contribution in [2.45, 2.75) is 19.9 Å². The van der Waals surface area contributed by atoms with Crippen LogP contribution in [0.25, 0.3) is 0 Å². The van der Waals surface area contributed by atoms with Crippen LogP contribution in [0.2, 0.25) is 0 Å². The van der Waals surface area contributed by atoms with Crippen LogP contribution in [0.1, 0.15) is 13.8 Å². The molecule has 0 amide bonds. The van der Waals surface area contributed by atoms with Crippen molar-refractivity contribution in [2.24, 2.45) is 5.92 Å². The highest BCUT2D eigenvalue weighted by Crippen LogP contribution is 2.28. The molecular formula is C17H29N3O. The van der Waals surface area contributed by atoms with Gasteiger partial charge in [0.25, 0.3) is 0 Å². The van der Waals surface area contributed by atoms with Crippen molar-refractivity contribution in [1.82, 2.24) is 10.2 Å². The van der Waals surface area contributed by atoms with Gasteiger partial charge < -0.3 is 15.0 Å². The molecule has 1 saturated heterocycles. The van der Waals surface area contributed by atoms with Gasteiger partial charge in [-0.15, -0.1) is 0 Å². The molecule has 1 unspecified atom stereocenters. The van der Waals surface area contributed by atoms with Crippen LogP contribution in [0.15, 0.2) is 24.3 Å². The molecule has 118 valence electrons. The maximum absolute atomic E-state index is 5.48. The fourth-order valence-corrected chi connectivity index (χ4v) is 3.18. The summed E-state index contributed by atoms with van der Waals surface area (Å²) >= 11 is 0. The predicted octanol–water partition coefficient (Wildman–Crippen LogP) is 2.06. The Labute approximate surface area is 129 Å². The number of likely N-dealkylation sites (N-methyl/N-ethyl adjacent to an activating group) is 1. The van der Waals surface area contributed by atoms with Gasteiger partial charge in [0.15, 0.2) is 0 Å². The lowest BCUT2D eigenvalue weighted by atomic mass is 10.0. The highest BCUT2D eigenvalue weighted by atomic mass is 16.5. The molecule has 1 aromatic rings. The Morgan fingerprint density at radius 3 is 2.38 bits per heavy atom. The zero-order valence-corrected chi connectivity index (χ0v) is 13.8. The quantitative estimate of drug-likeness (QED) is 0.868. The number of methoxy groups -OCH3 is 1. The van der Waals surface area contributed by atoms with E-state index in [1.165, 1.54) is 5.69 Å². The Kier molecular flexibility index (Phi) is 5.88. The van der Waals surface area contributed by atoms with Crippen LogP contribution in [0.5, 0.6) is 5.75 Å². The first kappa shape index (κ1) is 16.1. The molecule has 0 spiro atoms. The molecule has 2 rings (SSSR count). The van der Waals surface area contributed by atoms with Crippen molar-refractivity contribution in [3.63, 3.8) is 0 Å². The van der Waals surface area contributed by atoms with Gasteiger partial charge in [-0.1, -0.05) is 26.0 Å². The van der Waals surface area contributed by atoms with Crippen molar-refractivity contribution in [3.8, 4) is 5.75 Å². The number of ether oxygens (including phenoxy) is 1. The second-order valence-corrected chi connectivity index (χ2v) is 6.06. The number of nitrogens with one attached hydrogen (secondary N) is 1. The number of nitrogens with zero attached hydrogens (tertiary/aromatic N) is 2. The molecule has 0 aliphatic carbocycles. The van der Waals surface area contributed by atoms with E-state index in [1.54, 1.807) is 7.11 Å². The molecule has 4 nitrogen and oxygen atoms in total. The molecule has 1 aliphatic heterocycles. The molecule has 4 heteroatoms. The first-order chi connectivity index (χ1) is 10.2. The number of hydrogen-bond donors (Lipinski definition) is 1. The van der Waals surface area contributed by atoms with Gasteiger partial charge in [0.05, 0.1) is 12.8 Å². The van der Waals surface area contributed by atoms with Crippen LogP contribution in [0.4, 0.5) is 5.69 Å². The standard InChI is InChI=1S/C17H29N3O/c1-14(2)16(13-18-3)20-11-9-19(10-12-20)15-7-5-6-8-17(15)21-4/h5-8,14,16,18H,9-13H2,1-4H3. The second-order valence-electron chi connectivity index (χ2n) is 6.06. The molecule has 1 fully saturated rings. The average Bonchev–Trinajstić information content (AvgIpc) is 2.52. The molecule has 1 aliphatic rings. The molecule has 0 bridgehead atoms. The highest BCUT2D eigenvalue weighted by Gasteiger charge is 2.26. The summed E-state index contributed by atoms with van der Waals surface area (Å²) in [6, 6.07) is 8.93. The third kappa shape index (κ3) is 3.89. The smallest absolute Gasteiger partial charge is 0.142 e. The molecular weight excluding hydrogens is 262 g/mol. The second kappa shape index (κ2) is 7.66. The van der Waals surface area contributed by atoms with Gasteiger partial charge in [-0.05, 0) is 25.1 Å². The molecule has 1 aromatic carbocycles. The summed E-state index contributed by atoms with van der Waals surface area (Å²) in [5.41, 5.74) is 1.22. The monoisotopic (exact) mass is 291 g/mol. The summed E-state index contributed by atoms with van der Waals surface area (Å²) in [6.07, 6.45) is 0. The van der Waals surface area contributed by atoms with Crippen LogP contribution in [0, 0.1) is 5.92 Å². The van der Waals surface area contributed by atoms with E-state index in [1.807, 2.05) is 19.2 Å². The lowest BCUT2D eigenvalue weighted by Gasteiger charge is -2.42. The van der Waals surface area contributed by atoms with Crippen LogP contribution in [-0.4, -0.2) is 57.8 Å². The van der Waals surface area contributed by atoms with E-state index in [0.717, 1.165) is 38.5 Å². The van der Waals surface area contributed by atoms with Gasteiger partial charge in [0.2, 0.25) is 0 Å². The van der Waals surface area contributed by atoms with E-state index in [9.17, 15) is 0 Å². The van der Waals surface area contributed by atoms with Gasteiger partial charge >= 0.3 is 0 Å². The van der Waals surface area contributed by atoms with E-state index < -0.39 is 0 Å². The van der Waals surface area contributed by atoms with Crippen molar-refractivity contribution in [2.75, 3.05) is 51.8 Å². The highest BCUT2D eigenvalue weighted by molar-refractivity contribution is 5.58. The van der Waals surface area contributed by atoms with Gasteiger partial charge in [-0.3, -0.25) is 4.90 Å². The van der Waals surface area contributed by atoms with Crippen LogP contribution in [0.3, 0.4) is 0 Å². The van der Waals surface area contributed by atoms with Crippen molar-refractivity contribution < 1.29 is 4.74 Å². The maximum Gasteiger partial charge on any atom is 0.142 e. The van der Waals surface area contributed by atoms with E-state index in [4.69, 9.17) is 4.74 Å². The molecule has 1 heterocycles. The molecule has 21 heavy (non-hydrogen) atoms. The molecule has 0 radical (unpaired) electrons. The van der Waals surface area contributed by atoms with E-state index in [2.05, 4.69) is 41.1 Å². The third-order valence-electron chi connectivity index (χ3n) is 4.39. The summed E-state index contributed by atoms with van der Waals surface area (Å²) in [4.78, 5) is 5.05.